The number of benzene rings is 1. The Bertz CT molecular complexity index is 944. The van der Waals surface area contributed by atoms with Gasteiger partial charge >= 0.3 is 0 Å². The third-order valence-electron chi connectivity index (χ3n) is 5.79. The summed E-state index contributed by atoms with van der Waals surface area (Å²) in [7, 11) is 0. The molecule has 1 aromatic carbocycles. The molecule has 2 aliphatic heterocycles. The van der Waals surface area contributed by atoms with Gasteiger partial charge in [0.05, 0.1) is 16.8 Å². The monoisotopic (exact) mass is 440 g/mol. The maximum Gasteiger partial charge on any atom is 0.261 e. The summed E-state index contributed by atoms with van der Waals surface area (Å²) in [5.74, 6) is 0.670. The topological polar surface area (TPSA) is 82.6 Å². The molecule has 0 saturated carbocycles. The molecule has 7 nitrogen and oxygen atoms in total. The van der Waals surface area contributed by atoms with Gasteiger partial charge in [-0.25, -0.2) is 4.98 Å². The SMILES string of the molecule is CC1CC(C)CN(Cc2csc(NC(=O)CCCN3C(=O)c4ccccc4C3=O)n2)C1. The van der Waals surface area contributed by atoms with Gasteiger partial charge in [0.25, 0.3) is 11.8 Å². The molecule has 0 radical (unpaired) electrons. The van der Waals surface area contributed by atoms with E-state index in [1.165, 1.54) is 22.7 Å². The molecular formula is C23H28N4O3S. The van der Waals surface area contributed by atoms with E-state index in [0.29, 0.717) is 34.5 Å². The van der Waals surface area contributed by atoms with E-state index in [0.717, 1.165) is 25.3 Å². The number of nitrogens with one attached hydrogen (secondary N) is 1. The molecule has 0 bridgehead atoms. The number of rotatable bonds is 7. The summed E-state index contributed by atoms with van der Waals surface area (Å²) >= 11 is 1.43. The van der Waals surface area contributed by atoms with E-state index >= 15 is 0 Å². The van der Waals surface area contributed by atoms with Crippen LogP contribution in [-0.4, -0.2) is 52.1 Å². The number of aromatic nitrogens is 1. The lowest BCUT2D eigenvalue weighted by Crippen LogP contribution is -2.38. The Kier molecular flexibility index (Phi) is 6.48. The highest BCUT2D eigenvalue weighted by Crippen LogP contribution is 2.25. The second-order valence-corrected chi connectivity index (χ2v) is 9.60. The van der Waals surface area contributed by atoms with Gasteiger partial charge in [-0.1, -0.05) is 26.0 Å². The van der Waals surface area contributed by atoms with Crippen LogP contribution in [0.25, 0.3) is 0 Å². The molecule has 1 aromatic heterocycles. The van der Waals surface area contributed by atoms with Crippen LogP contribution in [0.2, 0.25) is 0 Å². The molecule has 164 valence electrons. The van der Waals surface area contributed by atoms with Crippen molar-refractivity contribution in [3.63, 3.8) is 0 Å². The van der Waals surface area contributed by atoms with Crippen molar-refractivity contribution >= 4 is 34.2 Å². The number of hydrogen-bond donors (Lipinski definition) is 1. The molecule has 0 aliphatic carbocycles. The third-order valence-corrected chi connectivity index (χ3v) is 6.60. The standard InChI is InChI=1S/C23H28N4O3S/c1-15-10-16(2)12-26(11-15)13-17-14-31-23(24-17)25-20(28)8-5-9-27-21(29)18-6-3-4-7-19(18)22(27)30/h3-4,6-7,14-16H,5,8-13H2,1-2H3,(H,24,25,28). The van der Waals surface area contributed by atoms with Crippen LogP contribution in [0, 0.1) is 11.8 Å². The van der Waals surface area contributed by atoms with Gasteiger partial charge in [0, 0.05) is 38.0 Å². The number of imide groups is 1. The Morgan fingerprint density at radius 1 is 1.13 bits per heavy atom. The second-order valence-electron chi connectivity index (χ2n) is 8.74. The molecule has 3 amide bonds. The van der Waals surface area contributed by atoms with Gasteiger partial charge in [0.1, 0.15) is 0 Å². The van der Waals surface area contributed by atoms with Gasteiger partial charge in [-0.05, 0) is 36.8 Å². The predicted octanol–water partition coefficient (Wildman–Crippen LogP) is 3.64. The molecule has 2 aromatic rings. The van der Waals surface area contributed by atoms with Crippen LogP contribution in [0.5, 0.6) is 0 Å². The zero-order chi connectivity index (χ0) is 22.0. The van der Waals surface area contributed by atoms with Crippen molar-refractivity contribution in [1.29, 1.82) is 0 Å². The first kappa shape index (κ1) is 21.6. The Labute approximate surface area is 186 Å². The number of thiazole rings is 1. The number of piperidine rings is 1. The maximum atomic E-state index is 12.4. The molecule has 4 rings (SSSR count). The fourth-order valence-electron chi connectivity index (χ4n) is 4.61. The maximum absolute atomic E-state index is 12.4. The van der Waals surface area contributed by atoms with Crippen molar-refractivity contribution in [2.45, 2.75) is 39.7 Å². The van der Waals surface area contributed by atoms with Gasteiger partial charge in [-0.2, -0.15) is 0 Å². The van der Waals surface area contributed by atoms with Crippen LogP contribution in [0.1, 0.15) is 59.5 Å². The molecule has 3 heterocycles. The second kappa shape index (κ2) is 9.28. The highest BCUT2D eigenvalue weighted by molar-refractivity contribution is 7.13. The zero-order valence-electron chi connectivity index (χ0n) is 18.0. The van der Waals surface area contributed by atoms with Crippen molar-refractivity contribution < 1.29 is 14.4 Å². The highest BCUT2D eigenvalue weighted by atomic mass is 32.1. The number of anilines is 1. The van der Waals surface area contributed by atoms with Crippen molar-refractivity contribution in [3.05, 3.63) is 46.5 Å². The predicted molar refractivity (Wildman–Crippen MR) is 120 cm³/mol. The molecule has 1 saturated heterocycles. The molecule has 1 fully saturated rings. The minimum atomic E-state index is -0.285. The van der Waals surface area contributed by atoms with Gasteiger partial charge in [-0.3, -0.25) is 24.2 Å². The quantitative estimate of drug-likeness (QED) is 0.665. The fourth-order valence-corrected chi connectivity index (χ4v) is 5.33. The molecule has 2 atom stereocenters. The summed E-state index contributed by atoms with van der Waals surface area (Å²) in [4.78, 5) is 45.3. The van der Waals surface area contributed by atoms with Gasteiger partial charge < -0.3 is 5.32 Å². The Morgan fingerprint density at radius 3 is 2.42 bits per heavy atom. The van der Waals surface area contributed by atoms with E-state index in [1.807, 2.05) is 5.38 Å². The number of hydrogen-bond acceptors (Lipinski definition) is 6. The summed E-state index contributed by atoms with van der Waals surface area (Å²) in [6, 6.07) is 6.81. The third kappa shape index (κ3) is 5.02. The van der Waals surface area contributed by atoms with Crippen molar-refractivity contribution in [1.82, 2.24) is 14.8 Å². The van der Waals surface area contributed by atoms with Crippen LogP contribution in [0.4, 0.5) is 5.13 Å². The lowest BCUT2D eigenvalue weighted by molar-refractivity contribution is -0.116. The molecular weight excluding hydrogens is 412 g/mol. The van der Waals surface area contributed by atoms with E-state index in [4.69, 9.17) is 0 Å². The van der Waals surface area contributed by atoms with Crippen LogP contribution in [0.3, 0.4) is 0 Å². The average Bonchev–Trinajstić information content (AvgIpc) is 3.25. The van der Waals surface area contributed by atoms with Crippen LogP contribution < -0.4 is 5.32 Å². The first-order chi connectivity index (χ1) is 14.9. The fraction of sp³-hybridized carbons (Fsp3) is 0.478. The van der Waals surface area contributed by atoms with E-state index in [2.05, 4.69) is 29.0 Å². The zero-order valence-corrected chi connectivity index (χ0v) is 18.8. The van der Waals surface area contributed by atoms with E-state index in [9.17, 15) is 14.4 Å². The summed E-state index contributed by atoms with van der Waals surface area (Å²) < 4.78 is 0. The normalized spacial score (nSPS) is 21.4. The van der Waals surface area contributed by atoms with Crippen molar-refractivity contribution in [2.75, 3.05) is 25.0 Å². The Morgan fingerprint density at radius 2 is 1.77 bits per heavy atom. The van der Waals surface area contributed by atoms with Crippen molar-refractivity contribution in [2.24, 2.45) is 11.8 Å². The van der Waals surface area contributed by atoms with Gasteiger partial charge in [0.15, 0.2) is 5.13 Å². The van der Waals surface area contributed by atoms with Gasteiger partial charge in [0.2, 0.25) is 5.91 Å². The number of nitrogens with zero attached hydrogens (tertiary/aromatic N) is 3. The van der Waals surface area contributed by atoms with Crippen LogP contribution in [0.15, 0.2) is 29.6 Å². The number of amides is 3. The first-order valence-electron chi connectivity index (χ1n) is 10.8. The molecule has 0 spiro atoms. The van der Waals surface area contributed by atoms with E-state index in [-0.39, 0.29) is 30.7 Å². The molecule has 31 heavy (non-hydrogen) atoms. The Balaban J connectivity index is 1.23. The van der Waals surface area contributed by atoms with Crippen LogP contribution in [-0.2, 0) is 11.3 Å². The minimum absolute atomic E-state index is 0.155. The first-order valence-corrected chi connectivity index (χ1v) is 11.7. The molecule has 2 aliphatic rings. The van der Waals surface area contributed by atoms with Crippen LogP contribution >= 0.6 is 11.3 Å². The minimum Gasteiger partial charge on any atom is -0.302 e. The smallest absolute Gasteiger partial charge is 0.261 e. The summed E-state index contributed by atoms with van der Waals surface area (Å²) in [6.45, 7) is 7.78. The van der Waals surface area contributed by atoms with E-state index < -0.39 is 0 Å². The lowest BCUT2D eigenvalue weighted by Gasteiger charge is -2.34. The number of fused-ring (bicyclic) bond motifs is 1. The molecule has 2 unspecified atom stereocenters. The average molecular weight is 441 g/mol. The number of carbonyl (C=O) groups is 3. The van der Waals surface area contributed by atoms with E-state index in [1.54, 1.807) is 24.3 Å². The Hall–Kier alpha value is -2.58. The lowest BCUT2D eigenvalue weighted by atomic mass is 9.92. The van der Waals surface area contributed by atoms with Crippen molar-refractivity contribution in [3.8, 4) is 0 Å². The molecule has 1 N–H and O–H groups in total. The molecule has 8 heteroatoms. The number of carbonyl (C=O) groups excluding carboxylic acids is 3. The summed E-state index contributed by atoms with van der Waals surface area (Å²) in [6.07, 6.45) is 1.91. The summed E-state index contributed by atoms with van der Waals surface area (Å²) in [5, 5.41) is 5.44. The van der Waals surface area contributed by atoms with Gasteiger partial charge in [-0.15, -0.1) is 11.3 Å². The number of likely N-dealkylation sites (tertiary alicyclic amines) is 1. The largest absolute Gasteiger partial charge is 0.302 e. The highest BCUT2D eigenvalue weighted by Gasteiger charge is 2.34. The summed E-state index contributed by atoms with van der Waals surface area (Å²) in [5.41, 5.74) is 1.85.